The highest BCUT2D eigenvalue weighted by molar-refractivity contribution is 14.0. The zero-order chi connectivity index (χ0) is 20.0. The summed E-state index contributed by atoms with van der Waals surface area (Å²) in [5.74, 6) is 1.04. The fourth-order valence-corrected chi connectivity index (χ4v) is 3.79. The van der Waals surface area contributed by atoms with Crippen LogP contribution in [-0.4, -0.2) is 28.0 Å². The molecule has 0 aromatic heterocycles. The number of guanidine groups is 1. The molecule has 1 fully saturated rings. The molecule has 2 aromatic rings. The Bertz CT molecular complexity index is 949. The van der Waals surface area contributed by atoms with Gasteiger partial charge in [-0.2, -0.15) is 0 Å². The van der Waals surface area contributed by atoms with Gasteiger partial charge in [0.1, 0.15) is 5.82 Å². The molecule has 0 radical (unpaired) electrons. The first-order chi connectivity index (χ1) is 13.5. The molecule has 9 heteroatoms. The van der Waals surface area contributed by atoms with Gasteiger partial charge in [0.2, 0.25) is 10.0 Å². The summed E-state index contributed by atoms with van der Waals surface area (Å²) in [6.07, 6.45) is 2.51. The Hall–Kier alpha value is -1.72. The molecule has 29 heavy (non-hydrogen) atoms. The lowest BCUT2D eigenvalue weighted by atomic mass is 10.2. The Morgan fingerprint density at radius 2 is 1.76 bits per heavy atom. The maximum absolute atomic E-state index is 13.2. The van der Waals surface area contributed by atoms with Gasteiger partial charge in [0.15, 0.2) is 5.96 Å². The Labute approximate surface area is 188 Å². The van der Waals surface area contributed by atoms with E-state index in [2.05, 4.69) is 20.3 Å². The standard InChI is InChI=1S/C20H25FN4O2S.HI/c1-22-20(23-12-15-8-9-15)24-13-17-5-3-7-19(11-17)28(26,27)25-14-16-4-2-6-18(21)10-16;/h2-7,10-11,15,25H,8-9,12-14H2,1H3,(H2,22,23,24);1H. The number of benzene rings is 2. The number of aliphatic imine (C=N–C) groups is 1. The summed E-state index contributed by atoms with van der Waals surface area (Å²) in [4.78, 5) is 4.35. The molecule has 3 N–H and O–H groups in total. The largest absolute Gasteiger partial charge is 0.356 e. The van der Waals surface area contributed by atoms with Gasteiger partial charge in [-0.05, 0) is 54.2 Å². The van der Waals surface area contributed by atoms with Crippen LogP contribution < -0.4 is 15.4 Å². The molecule has 3 rings (SSSR count). The van der Waals surface area contributed by atoms with Crippen LogP contribution in [0.5, 0.6) is 0 Å². The molecule has 0 aliphatic heterocycles. The highest BCUT2D eigenvalue weighted by atomic mass is 127. The van der Waals surface area contributed by atoms with Gasteiger partial charge in [0, 0.05) is 26.7 Å². The Morgan fingerprint density at radius 3 is 2.41 bits per heavy atom. The molecule has 1 saturated carbocycles. The quantitative estimate of drug-likeness (QED) is 0.278. The minimum absolute atomic E-state index is 0. The van der Waals surface area contributed by atoms with Crippen LogP contribution in [0.1, 0.15) is 24.0 Å². The summed E-state index contributed by atoms with van der Waals surface area (Å²) in [5, 5.41) is 6.46. The normalized spacial score (nSPS) is 14.2. The zero-order valence-electron chi connectivity index (χ0n) is 16.2. The molecular formula is C20H26FIN4O2S. The highest BCUT2D eigenvalue weighted by Crippen LogP contribution is 2.27. The average Bonchev–Trinajstić information content (AvgIpc) is 3.51. The Balaban J connectivity index is 0.00000300. The summed E-state index contributed by atoms with van der Waals surface area (Å²) in [6.45, 7) is 1.38. The van der Waals surface area contributed by atoms with Crippen molar-refractivity contribution in [2.45, 2.75) is 30.8 Å². The van der Waals surface area contributed by atoms with E-state index in [1.807, 2.05) is 6.07 Å². The summed E-state index contributed by atoms with van der Waals surface area (Å²) in [5.41, 5.74) is 1.38. The van der Waals surface area contributed by atoms with E-state index >= 15 is 0 Å². The summed E-state index contributed by atoms with van der Waals surface area (Å²) in [6, 6.07) is 12.6. The monoisotopic (exact) mass is 532 g/mol. The van der Waals surface area contributed by atoms with E-state index in [1.54, 1.807) is 31.3 Å². The predicted molar refractivity (Wildman–Crippen MR) is 123 cm³/mol. The van der Waals surface area contributed by atoms with E-state index in [0.717, 1.165) is 18.0 Å². The van der Waals surface area contributed by atoms with Gasteiger partial charge >= 0.3 is 0 Å². The van der Waals surface area contributed by atoms with Gasteiger partial charge in [-0.15, -0.1) is 24.0 Å². The molecule has 158 valence electrons. The fourth-order valence-electron chi connectivity index (χ4n) is 2.70. The van der Waals surface area contributed by atoms with E-state index in [-0.39, 0.29) is 35.4 Å². The molecule has 1 aliphatic carbocycles. The van der Waals surface area contributed by atoms with Crippen molar-refractivity contribution in [1.82, 2.24) is 15.4 Å². The summed E-state index contributed by atoms with van der Waals surface area (Å²) in [7, 11) is -1.99. The zero-order valence-corrected chi connectivity index (χ0v) is 19.3. The first-order valence-electron chi connectivity index (χ1n) is 9.24. The van der Waals surface area contributed by atoms with Crippen LogP contribution in [-0.2, 0) is 23.1 Å². The molecule has 2 aromatic carbocycles. The molecule has 0 amide bonds. The average molecular weight is 532 g/mol. The van der Waals surface area contributed by atoms with Gasteiger partial charge in [0.25, 0.3) is 0 Å². The number of nitrogens with one attached hydrogen (secondary N) is 3. The van der Waals surface area contributed by atoms with E-state index < -0.39 is 15.8 Å². The van der Waals surface area contributed by atoms with Gasteiger partial charge in [-0.25, -0.2) is 17.5 Å². The minimum Gasteiger partial charge on any atom is -0.356 e. The first kappa shape index (κ1) is 23.6. The second kappa shape index (κ2) is 10.9. The lowest BCUT2D eigenvalue weighted by molar-refractivity contribution is 0.580. The molecule has 0 atom stereocenters. The van der Waals surface area contributed by atoms with Gasteiger partial charge in [-0.1, -0.05) is 24.3 Å². The van der Waals surface area contributed by atoms with Crippen molar-refractivity contribution in [3.8, 4) is 0 Å². The van der Waals surface area contributed by atoms with Crippen molar-refractivity contribution < 1.29 is 12.8 Å². The molecule has 0 heterocycles. The van der Waals surface area contributed by atoms with Crippen molar-refractivity contribution in [2.75, 3.05) is 13.6 Å². The van der Waals surface area contributed by atoms with Crippen molar-refractivity contribution in [2.24, 2.45) is 10.9 Å². The van der Waals surface area contributed by atoms with Crippen LogP contribution in [0.15, 0.2) is 58.4 Å². The first-order valence-corrected chi connectivity index (χ1v) is 10.7. The van der Waals surface area contributed by atoms with Crippen LogP contribution in [0.4, 0.5) is 4.39 Å². The van der Waals surface area contributed by atoms with Crippen LogP contribution in [0.2, 0.25) is 0 Å². The number of rotatable bonds is 8. The Morgan fingerprint density at radius 1 is 1.07 bits per heavy atom. The third-order valence-corrected chi connectivity index (χ3v) is 5.90. The van der Waals surface area contributed by atoms with Gasteiger partial charge < -0.3 is 10.6 Å². The van der Waals surface area contributed by atoms with Crippen molar-refractivity contribution in [3.63, 3.8) is 0 Å². The molecule has 0 bridgehead atoms. The van der Waals surface area contributed by atoms with E-state index in [4.69, 9.17) is 0 Å². The third kappa shape index (κ3) is 7.56. The van der Waals surface area contributed by atoms with E-state index in [1.165, 1.54) is 31.0 Å². The minimum atomic E-state index is -3.70. The fraction of sp³-hybridized carbons (Fsp3) is 0.350. The van der Waals surface area contributed by atoms with Gasteiger partial charge in [-0.3, -0.25) is 4.99 Å². The van der Waals surface area contributed by atoms with E-state index in [0.29, 0.717) is 18.1 Å². The SMILES string of the molecule is CN=C(NCc1cccc(S(=O)(=O)NCc2cccc(F)c2)c1)NCC1CC1.I. The van der Waals surface area contributed by atoms with Gasteiger partial charge in [0.05, 0.1) is 4.90 Å². The molecule has 0 spiro atoms. The summed E-state index contributed by atoms with van der Waals surface area (Å²) >= 11 is 0. The van der Waals surface area contributed by atoms with E-state index in [9.17, 15) is 12.8 Å². The van der Waals surface area contributed by atoms with Crippen molar-refractivity contribution in [3.05, 3.63) is 65.5 Å². The number of halogens is 2. The molecule has 0 saturated heterocycles. The number of hydrogen-bond acceptors (Lipinski definition) is 3. The lowest BCUT2D eigenvalue weighted by Gasteiger charge is -2.12. The maximum Gasteiger partial charge on any atom is 0.240 e. The van der Waals surface area contributed by atoms with Crippen LogP contribution in [0.3, 0.4) is 0 Å². The topological polar surface area (TPSA) is 82.6 Å². The van der Waals surface area contributed by atoms with Crippen molar-refractivity contribution in [1.29, 1.82) is 0 Å². The van der Waals surface area contributed by atoms with Crippen molar-refractivity contribution >= 4 is 40.0 Å². The highest BCUT2D eigenvalue weighted by Gasteiger charge is 2.21. The second-order valence-corrected chi connectivity index (χ2v) is 8.62. The lowest BCUT2D eigenvalue weighted by Crippen LogP contribution is -2.37. The number of hydrogen-bond donors (Lipinski definition) is 3. The third-order valence-electron chi connectivity index (χ3n) is 4.50. The smallest absolute Gasteiger partial charge is 0.240 e. The molecule has 1 aliphatic rings. The molecular weight excluding hydrogens is 506 g/mol. The number of nitrogens with zero attached hydrogens (tertiary/aromatic N) is 1. The Kier molecular flexibility index (Phi) is 8.84. The van der Waals surface area contributed by atoms with Crippen LogP contribution in [0, 0.1) is 11.7 Å². The maximum atomic E-state index is 13.2. The summed E-state index contributed by atoms with van der Waals surface area (Å²) < 4.78 is 40.9. The van der Waals surface area contributed by atoms with Crippen LogP contribution in [0.25, 0.3) is 0 Å². The predicted octanol–water partition coefficient (Wildman–Crippen LogP) is 3.00. The molecule has 0 unspecified atom stereocenters. The number of sulfonamides is 1. The molecule has 6 nitrogen and oxygen atoms in total. The second-order valence-electron chi connectivity index (χ2n) is 6.85. The van der Waals surface area contributed by atoms with Crippen LogP contribution >= 0.6 is 24.0 Å².